The molecule has 8 heteroatoms. The Morgan fingerprint density at radius 2 is 1.89 bits per heavy atom. The van der Waals surface area contributed by atoms with E-state index < -0.39 is 0 Å². The van der Waals surface area contributed by atoms with E-state index in [0.29, 0.717) is 28.4 Å². The number of para-hydroxylation sites is 2. The zero-order valence-electron chi connectivity index (χ0n) is 19.9. The maximum absolute atomic E-state index is 13.2. The number of nitrogens with zero attached hydrogens (tertiary/aromatic N) is 4. The Hall–Kier alpha value is -3.42. The molecule has 1 fully saturated rings. The molecule has 0 radical (unpaired) electrons. The lowest BCUT2D eigenvalue weighted by Gasteiger charge is -2.35. The molecule has 0 spiro atoms. The molecular weight excluding hydrogens is 460 g/mol. The predicted molar refractivity (Wildman–Crippen MR) is 141 cm³/mol. The normalized spacial score (nSPS) is 14.6. The van der Waals surface area contributed by atoms with Gasteiger partial charge < -0.3 is 15.5 Å². The van der Waals surface area contributed by atoms with Crippen molar-refractivity contribution >= 4 is 34.5 Å². The van der Waals surface area contributed by atoms with Gasteiger partial charge in [0.25, 0.3) is 5.91 Å². The predicted octanol–water partition coefficient (Wildman–Crippen LogP) is 5.27. The smallest absolute Gasteiger partial charge is 0.274 e. The van der Waals surface area contributed by atoms with Crippen LogP contribution in [0.5, 0.6) is 0 Å². The van der Waals surface area contributed by atoms with Gasteiger partial charge >= 0.3 is 0 Å². The summed E-state index contributed by atoms with van der Waals surface area (Å²) in [6, 6.07) is 18.2. The Labute approximate surface area is 210 Å². The quantitative estimate of drug-likeness (QED) is 0.387. The Morgan fingerprint density at radius 3 is 2.66 bits per heavy atom. The Morgan fingerprint density at radius 1 is 1.09 bits per heavy atom. The third-order valence-electron chi connectivity index (χ3n) is 6.29. The molecule has 2 aromatic heterocycles. The number of hydrogen-bond donors (Lipinski definition) is 2. The van der Waals surface area contributed by atoms with Gasteiger partial charge in [0.2, 0.25) is 0 Å². The number of carbonyl (C=O) groups excluding carboxylic acids is 1. The summed E-state index contributed by atoms with van der Waals surface area (Å²) in [5.41, 5.74) is 4.48. The summed E-state index contributed by atoms with van der Waals surface area (Å²) in [5.74, 6) is -0.255. The van der Waals surface area contributed by atoms with E-state index in [1.54, 1.807) is 23.0 Å². The van der Waals surface area contributed by atoms with E-state index in [4.69, 9.17) is 11.6 Å². The highest BCUT2D eigenvalue weighted by atomic mass is 35.5. The van der Waals surface area contributed by atoms with Gasteiger partial charge in [0.05, 0.1) is 17.6 Å². The average Bonchev–Trinajstić information content (AvgIpc) is 3.28. The van der Waals surface area contributed by atoms with Gasteiger partial charge in [0.15, 0.2) is 5.65 Å². The number of rotatable bonds is 6. The second-order valence-corrected chi connectivity index (χ2v) is 9.64. The van der Waals surface area contributed by atoms with Crippen molar-refractivity contribution < 1.29 is 4.79 Å². The first-order valence-corrected chi connectivity index (χ1v) is 12.4. The number of amides is 1. The molecule has 0 atom stereocenters. The number of benzene rings is 2. The van der Waals surface area contributed by atoms with Gasteiger partial charge in [-0.05, 0) is 48.7 Å². The number of carbonyl (C=O) groups is 1. The highest BCUT2D eigenvalue weighted by Crippen LogP contribution is 2.29. The molecule has 35 heavy (non-hydrogen) atoms. The minimum Gasteiger partial charge on any atom is -0.370 e. The lowest BCUT2D eigenvalue weighted by atomic mass is 10.0. The van der Waals surface area contributed by atoms with Crippen molar-refractivity contribution in [1.82, 2.24) is 19.9 Å². The number of piperidine rings is 1. The Kier molecular flexibility index (Phi) is 6.70. The molecule has 2 aromatic carbocycles. The van der Waals surface area contributed by atoms with Crippen molar-refractivity contribution in [3.63, 3.8) is 0 Å². The van der Waals surface area contributed by atoms with Crippen LogP contribution in [0.25, 0.3) is 16.8 Å². The average molecular weight is 489 g/mol. The highest BCUT2D eigenvalue weighted by molar-refractivity contribution is 6.30. The molecule has 5 rings (SSSR count). The van der Waals surface area contributed by atoms with Crippen LogP contribution in [0.2, 0.25) is 5.02 Å². The van der Waals surface area contributed by atoms with Crippen molar-refractivity contribution in [1.29, 1.82) is 0 Å². The molecule has 0 saturated carbocycles. The van der Waals surface area contributed by atoms with E-state index in [9.17, 15) is 4.79 Å². The molecule has 1 aliphatic heterocycles. The summed E-state index contributed by atoms with van der Waals surface area (Å²) in [6.45, 7) is 6.26. The first-order valence-electron chi connectivity index (χ1n) is 12.0. The monoisotopic (exact) mass is 488 g/mol. The van der Waals surface area contributed by atoms with E-state index in [2.05, 4.69) is 45.5 Å². The van der Waals surface area contributed by atoms with Crippen LogP contribution in [-0.4, -0.2) is 45.7 Å². The van der Waals surface area contributed by atoms with Crippen LogP contribution in [0.4, 0.5) is 11.4 Å². The second-order valence-electron chi connectivity index (χ2n) is 9.20. The summed E-state index contributed by atoms with van der Waals surface area (Å²) < 4.78 is 1.66. The molecule has 7 nitrogen and oxygen atoms in total. The van der Waals surface area contributed by atoms with Crippen LogP contribution in [0.1, 0.15) is 37.2 Å². The number of fused-ring (bicyclic) bond motifs is 1. The lowest BCUT2D eigenvalue weighted by molar-refractivity contribution is 0.102. The fourth-order valence-electron chi connectivity index (χ4n) is 4.65. The zero-order chi connectivity index (χ0) is 24.4. The van der Waals surface area contributed by atoms with Gasteiger partial charge in [-0.2, -0.15) is 5.10 Å². The van der Waals surface area contributed by atoms with Gasteiger partial charge in [0.1, 0.15) is 5.69 Å². The first-order chi connectivity index (χ1) is 17.0. The van der Waals surface area contributed by atoms with Crippen LogP contribution in [0.15, 0.2) is 67.0 Å². The summed E-state index contributed by atoms with van der Waals surface area (Å²) in [4.78, 5) is 20.2. The van der Waals surface area contributed by atoms with E-state index in [1.165, 1.54) is 0 Å². The van der Waals surface area contributed by atoms with Crippen LogP contribution >= 0.6 is 11.6 Å². The maximum Gasteiger partial charge on any atom is 0.274 e. The maximum atomic E-state index is 13.2. The van der Waals surface area contributed by atoms with Crippen LogP contribution < -0.4 is 15.5 Å². The summed E-state index contributed by atoms with van der Waals surface area (Å²) >= 11 is 6.17. The summed E-state index contributed by atoms with van der Waals surface area (Å²) in [5, 5.41) is 11.7. The molecule has 3 heterocycles. The number of nitrogens with one attached hydrogen (secondary N) is 2. The molecule has 2 N–H and O–H groups in total. The molecule has 4 aromatic rings. The fourth-order valence-corrected chi connectivity index (χ4v) is 4.85. The van der Waals surface area contributed by atoms with E-state index >= 15 is 0 Å². The van der Waals surface area contributed by atoms with E-state index in [-0.39, 0.29) is 5.91 Å². The SMILES string of the molecule is CC(C)NC1CCN(c2ccccc2NC(=O)c2ccn3ncc(-c4cccc(Cl)c4)c3n2)CC1. The minimum absolute atomic E-state index is 0.255. The van der Waals surface area contributed by atoms with Gasteiger partial charge in [-0.15, -0.1) is 0 Å². The van der Waals surface area contributed by atoms with Crippen molar-refractivity contribution in [2.24, 2.45) is 0 Å². The van der Waals surface area contributed by atoms with Gasteiger partial charge in [-0.25, -0.2) is 9.50 Å². The van der Waals surface area contributed by atoms with Gasteiger partial charge in [0, 0.05) is 42.0 Å². The van der Waals surface area contributed by atoms with E-state index in [0.717, 1.165) is 48.4 Å². The van der Waals surface area contributed by atoms with Gasteiger partial charge in [-0.3, -0.25) is 4.79 Å². The molecule has 0 unspecified atom stereocenters. The van der Waals surface area contributed by atoms with Crippen molar-refractivity contribution in [2.45, 2.75) is 38.8 Å². The van der Waals surface area contributed by atoms with Gasteiger partial charge in [-0.1, -0.05) is 49.7 Å². The van der Waals surface area contributed by atoms with Crippen LogP contribution in [0, 0.1) is 0 Å². The topological polar surface area (TPSA) is 74.6 Å². The Bertz CT molecular complexity index is 1340. The zero-order valence-corrected chi connectivity index (χ0v) is 20.7. The second kappa shape index (κ2) is 10.1. The molecule has 1 aliphatic rings. The van der Waals surface area contributed by atoms with Crippen LogP contribution in [-0.2, 0) is 0 Å². The lowest BCUT2D eigenvalue weighted by Crippen LogP contribution is -2.45. The molecule has 0 bridgehead atoms. The Balaban J connectivity index is 1.36. The standard InChI is InChI=1S/C27H29ClN6O/c1-18(2)30-21-10-13-33(14-11-21)25-9-4-3-8-23(25)32-27(35)24-12-15-34-26(31-24)22(17-29-34)19-6-5-7-20(28)16-19/h3-9,12,15-18,21,30H,10-11,13-14H2,1-2H3,(H,32,35). The summed E-state index contributed by atoms with van der Waals surface area (Å²) in [7, 11) is 0. The van der Waals surface area contributed by atoms with Crippen molar-refractivity contribution in [3.05, 3.63) is 77.7 Å². The third-order valence-corrected chi connectivity index (χ3v) is 6.53. The molecule has 1 amide bonds. The molecule has 0 aliphatic carbocycles. The molecule has 1 saturated heterocycles. The number of hydrogen-bond acceptors (Lipinski definition) is 5. The largest absolute Gasteiger partial charge is 0.370 e. The third kappa shape index (κ3) is 5.16. The minimum atomic E-state index is -0.255. The van der Waals surface area contributed by atoms with Crippen molar-refractivity contribution in [2.75, 3.05) is 23.3 Å². The fraction of sp³-hybridized carbons (Fsp3) is 0.296. The number of aromatic nitrogens is 3. The number of halogens is 1. The molecular formula is C27H29ClN6O. The highest BCUT2D eigenvalue weighted by Gasteiger charge is 2.22. The number of anilines is 2. The van der Waals surface area contributed by atoms with Crippen molar-refractivity contribution in [3.8, 4) is 11.1 Å². The van der Waals surface area contributed by atoms with Crippen LogP contribution in [0.3, 0.4) is 0 Å². The molecule has 180 valence electrons. The summed E-state index contributed by atoms with van der Waals surface area (Å²) in [6.07, 6.45) is 5.64. The first kappa shape index (κ1) is 23.3. The van der Waals surface area contributed by atoms with E-state index in [1.807, 2.05) is 42.5 Å².